The van der Waals surface area contributed by atoms with E-state index < -0.39 is 29.4 Å². The van der Waals surface area contributed by atoms with Crippen LogP contribution in [0.5, 0.6) is 0 Å². The van der Waals surface area contributed by atoms with Gasteiger partial charge in [0.2, 0.25) is 5.91 Å². The van der Waals surface area contributed by atoms with Gasteiger partial charge in [0, 0.05) is 13.1 Å². The molecule has 0 unspecified atom stereocenters. The first-order valence-electron chi connectivity index (χ1n) is 7.13. The van der Waals surface area contributed by atoms with Crippen LogP contribution in [0.3, 0.4) is 0 Å². The number of amides is 1. The molecule has 0 bridgehead atoms. The van der Waals surface area contributed by atoms with Crippen LogP contribution < -0.4 is 5.32 Å². The number of carbonyl (C=O) groups is 1. The van der Waals surface area contributed by atoms with E-state index in [-0.39, 0.29) is 17.9 Å². The zero-order chi connectivity index (χ0) is 16.4. The number of carbonyl (C=O) groups excluding carboxylic acids is 1. The van der Waals surface area contributed by atoms with Crippen molar-refractivity contribution < 1.29 is 22.7 Å². The molecule has 1 aliphatic rings. The molecule has 1 aliphatic heterocycles. The molecule has 1 aromatic rings. The Hall–Kier alpha value is -1.60. The minimum absolute atomic E-state index is 0.0148. The van der Waals surface area contributed by atoms with Crippen molar-refractivity contribution in [2.45, 2.75) is 39.0 Å². The van der Waals surface area contributed by atoms with Gasteiger partial charge in [0.1, 0.15) is 0 Å². The second-order valence-electron chi connectivity index (χ2n) is 5.60. The molecule has 0 saturated carbocycles. The molecule has 4 nitrogen and oxygen atoms in total. The number of hydrogen-bond donors (Lipinski definition) is 1. The van der Waals surface area contributed by atoms with Crippen LogP contribution >= 0.6 is 0 Å². The molecule has 1 aromatic carbocycles. The highest BCUT2D eigenvalue weighted by atomic mass is 19.2. The fourth-order valence-corrected chi connectivity index (χ4v) is 2.56. The van der Waals surface area contributed by atoms with Gasteiger partial charge in [-0.15, -0.1) is 0 Å². The standard InChI is InChI=1S/C15H19F3N2O2/c1-8-6-20(7-9(2)22-8)10(3)15(21)19-12-5-4-11(16)13(17)14(12)18/h4-5,8-10H,6-7H2,1-3H3,(H,19,21)/t8-,9-,10+/m1/s1. The van der Waals surface area contributed by atoms with Crippen molar-refractivity contribution in [1.82, 2.24) is 4.90 Å². The molecule has 7 heteroatoms. The summed E-state index contributed by atoms with van der Waals surface area (Å²) in [6, 6.07) is 1.24. The number of halogens is 3. The Morgan fingerprint density at radius 3 is 2.41 bits per heavy atom. The molecule has 0 aromatic heterocycles. The summed E-state index contributed by atoms with van der Waals surface area (Å²) in [6.45, 7) is 6.63. The first-order valence-corrected chi connectivity index (χ1v) is 7.13. The van der Waals surface area contributed by atoms with E-state index in [4.69, 9.17) is 4.74 Å². The van der Waals surface area contributed by atoms with E-state index in [9.17, 15) is 18.0 Å². The molecular formula is C15H19F3N2O2. The fraction of sp³-hybridized carbons (Fsp3) is 0.533. The third kappa shape index (κ3) is 3.59. The summed E-state index contributed by atoms with van der Waals surface area (Å²) in [4.78, 5) is 14.1. The van der Waals surface area contributed by atoms with E-state index in [1.165, 1.54) is 0 Å². The summed E-state index contributed by atoms with van der Waals surface area (Å²) in [5.74, 6) is -4.77. The average molecular weight is 316 g/mol. The lowest BCUT2D eigenvalue weighted by Crippen LogP contribution is -2.52. The lowest BCUT2D eigenvalue weighted by atomic mass is 10.1. The maximum atomic E-state index is 13.6. The number of nitrogens with one attached hydrogen (secondary N) is 1. The molecule has 1 fully saturated rings. The van der Waals surface area contributed by atoms with E-state index in [1.807, 2.05) is 18.7 Å². The molecule has 3 atom stereocenters. The van der Waals surface area contributed by atoms with Crippen molar-refractivity contribution in [3.8, 4) is 0 Å². The van der Waals surface area contributed by atoms with Crippen LogP contribution in [0.1, 0.15) is 20.8 Å². The van der Waals surface area contributed by atoms with Gasteiger partial charge >= 0.3 is 0 Å². The number of rotatable bonds is 3. The second kappa shape index (κ2) is 6.66. The zero-order valence-corrected chi connectivity index (χ0v) is 12.7. The van der Waals surface area contributed by atoms with E-state index in [1.54, 1.807) is 6.92 Å². The first-order chi connectivity index (χ1) is 10.3. The molecule has 0 radical (unpaired) electrons. The summed E-state index contributed by atoms with van der Waals surface area (Å²) in [5.41, 5.74) is -0.370. The third-order valence-electron chi connectivity index (χ3n) is 3.67. The minimum Gasteiger partial charge on any atom is -0.373 e. The van der Waals surface area contributed by atoms with Crippen molar-refractivity contribution in [1.29, 1.82) is 0 Å². The summed E-state index contributed by atoms with van der Waals surface area (Å²) in [6.07, 6.45) is -0.0296. The van der Waals surface area contributed by atoms with Gasteiger partial charge in [-0.1, -0.05) is 0 Å². The van der Waals surface area contributed by atoms with Crippen molar-refractivity contribution in [3.63, 3.8) is 0 Å². The van der Waals surface area contributed by atoms with Crippen LogP contribution in [0.2, 0.25) is 0 Å². The summed E-state index contributed by atoms with van der Waals surface area (Å²) in [5, 5.41) is 2.30. The molecule has 22 heavy (non-hydrogen) atoms. The van der Waals surface area contributed by atoms with Gasteiger partial charge in [-0.2, -0.15) is 0 Å². The zero-order valence-electron chi connectivity index (χ0n) is 12.7. The molecular weight excluding hydrogens is 297 g/mol. The Labute approximate surface area is 127 Å². The van der Waals surface area contributed by atoms with Crippen molar-refractivity contribution in [3.05, 3.63) is 29.6 Å². The van der Waals surface area contributed by atoms with Crippen molar-refractivity contribution in [2.75, 3.05) is 18.4 Å². The topological polar surface area (TPSA) is 41.6 Å². The lowest BCUT2D eigenvalue weighted by Gasteiger charge is -2.38. The summed E-state index contributed by atoms with van der Waals surface area (Å²) in [7, 11) is 0. The highest BCUT2D eigenvalue weighted by Crippen LogP contribution is 2.21. The average Bonchev–Trinajstić information content (AvgIpc) is 2.46. The van der Waals surface area contributed by atoms with Gasteiger partial charge in [-0.05, 0) is 32.9 Å². The highest BCUT2D eigenvalue weighted by molar-refractivity contribution is 5.94. The van der Waals surface area contributed by atoms with Gasteiger partial charge in [0.25, 0.3) is 0 Å². The third-order valence-corrected chi connectivity index (χ3v) is 3.67. The Morgan fingerprint density at radius 1 is 1.23 bits per heavy atom. The minimum atomic E-state index is -1.60. The van der Waals surface area contributed by atoms with Gasteiger partial charge in [-0.25, -0.2) is 13.2 Å². The molecule has 2 rings (SSSR count). The van der Waals surface area contributed by atoms with E-state index >= 15 is 0 Å². The van der Waals surface area contributed by atoms with Crippen LogP contribution in [-0.4, -0.2) is 42.1 Å². The molecule has 1 heterocycles. The monoisotopic (exact) mass is 316 g/mol. The quantitative estimate of drug-likeness (QED) is 0.871. The van der Waals surface area contributed by atoms with Gasteiger partial charge in [-0.3, -0.25) is 9.69 Å². The Kier molecular flexibility index (Phi) is 5.08. The van der Waals surface area contributed by atoms with Gasteiger partial charge in [0.15, 0.2) is 17.5 Å². The Balaban J connectivity index is 2.07. The molecule has 1 saturated heterocycles. The fourth-order valence-electron chi connectivity index (χ4n) is 2.56. The second-order valence-corrected chi connectivity index (χ2v) is 5.60. The Bertz CT molecular complexity index is 558. The van der Waals surface area contributed by atoms with Crippen molar-refractivity contribution in [2.24, 2.45) is 0 Å². The number of nitrogens with zero attached hydrogens (tertiary/aromatic N) is 1. The molecule has 0 aliphatic carbocycles. The van der Waals surface area contributed by atoms with Crippen LogP contribution in [0.25, 0.3) is 0 Å². The van der Waals surface area contributed by atoms with Crippen LogP contribution in [0, 0.1) is 17.5 Å². The van der Waals surface area contributed by atoms with Crippen LogP contribution in [0.15, 0.2) is 12.1 Å². The largest absolute Gasteiger partial charge is 0.373 e. The van der Waals surface area contributed by atoms with E-state index in [0.717, 1.165) is 12.1 Å². The first kappa shape index (κ1) is 16.8. The van der Waals surface area contributed by atoms with Gasteiger partial charge in [0.05, 0.1) is 23.9 Å². The maximum Gasteiger partial charge on any atom is 0.241 e. The number of benzene rings is 1. The van der Waals surface area contributed by atoms with Crippen LogP contribution in [-0.2, 0) is 9.53 Å². The SMILES string of the molecule is C[C@@H]1CN([C@@H](C)C(=O)Nc2ccc(F)c(F)c2F)C[C@@H](C)O1. The lowest BCUT2D eigenvalue weighted by molar-refractivity contribution is -0.126. The summed E-state index contributed by atoms with van der Waals surface area (Å²) >= 11 is 0. The van der Waals surface area contributed by atoms with Crippen molar-refractivity contribution >= 4 is 11.6 Å². The molecule has 1 N–H and O–H groups in total. The number of ether oxygens (including phenoxy) is 1. The smallest absolute Gasteiger partial charge is 0.241 e. The normalized spacial score (nSPS) is 24.1. The Morgan fingerprint density at radius 2 is 1.82 bits per heavy atom. The maximum absolute atomic E-state index is 13.6. The van der Waals surface area contributed by atoms with Crippen LogP contribution in [0.4, 0.5) is 18.9 Å². The predicted octanol–water partition coefficient (Wildman–Crippen LogP) is 2.54. The van der Waals surface area contributed by atoms with E-state index in [0.29, 0.717) is 13.1 Å². The molecule has 1 amide bonds. The highest BCUT2D eigenvalue weighted by Gasteiger charge is 2.29. The number of anilines is 1. The number of hydrogen-bond acceptors (Lipinski definition) is 3. The van der Waals surface area contributed by atoms with E-state index in [2.05, 4.69) is 5.32 Å². The van der Waals surface area contributed by atoms with Gasteiger partial charge < -0.3 is 10.1 Å². The number of morpholine rings is 1. The molecule has 0 spiro atoms. The summed E-state index contributed by atoms with van der Waals surface area (Å²) < 4.78 is 45.2. The predicted molar refractivity (Wildman–Crippen MR) is 76.0 cm³/mol. The molecule has 122 valence electrons.